The molecule has 0 aromatic rings. The fourth-order valence-electron chi connectivity index (χ4n) is 1.54. The first-order valence-corrected chi connectivity index (χ1v) is 6.60. The summed E-state index contributed by atoms with van der Waals surface area (Å²) in [5.74, 6) is -0.786. The minimum absolute atomic E-state index is 0.0271. The first-order valence-electron chi connectivity index (χ1n) is 6.60. The van der Waals surface area contributed by atoms with E-state index in [1.807, 2.05) is 20.8 Å². The van der Waals surface area contributed by atoms with Crippen LogP contribution in [0.2, 0.25) is 0 Å². The van der Waals surface area contributed by atoms with Crippen LogP contribution < -0.4 is 0 Å². The number of aliphatic carboxylic acids is 1. The molecule has 0 fully saturated rings. The maximum Gasteiger partial charge on any atom is 0.323 e. The molecule has 1 N–H and O–H groups in total. The Labute approximate surface area is 110 Å². The van der Waals surface area contributed by atoms with Gasteiger partial charge in [-0.2, -0.15) is 0 Å². The van der Waals surface area contributed by atoms with Crippen molar-refractivity contribution in [3.63, 3.8) is 0 Å². The van der Waals surface area contributed by atoms with Gasteiger partial charge in [-0.15, -0.1) is 0 Å². The third kappa shape index (κ3) is 5.52. The van der Waals surface area contributed by atoms with Crippen LogP contribution in [0.4, 0.5) is 0 Å². The molecule has 2 atom stereocenters. The summed E-state index contributed by atoms with van der Waals surface area (Å²) in [6.45, 7) is 12.0. The average Bonchev–Trinajstić information content (AvgIpc) is 2.22. The van der Waals surface area contributed by atoms with Crippen LogP contribution in [0.15, 0.2) is 0 Å². The summed E-state index contributed by atoms with van der Waals surface area (Å²) in [5.41, 5.74) is 0.0556. The number of carboxylic acid groups (broad SMARTS) is 1. The minimum Gasteiger partial charge on any atom is -0.480 e. The van der Waals surface area contributed by atoms with E-state index in [0.717, 1.165) is 6.42 Å². The zero-order chi connectivity index (χ0) is 14.5. The second kappa shape index (κ2) is 6.76. The van der Waals surface area contributed by atoms with Crippen molar-refractivity contribution in [3.05, 3.63) is 0 Å². The normalized spacial score (nSPS) is 15.0. The van der Waals surface area contributed by atoms with Crippen molar-refractivity contribution in [1.29, 1.82) is 0 Å². The molecule has 0 aliphatic rings. The van der Waals surface area contributed by atoms with Crippen LogP contribution in [0.5, 0.6) is 0 Å². The van der Waals surface area contributed by atoms with Gasteiger partial charge in [0.2, 0.25) is 5.91 Å². The molecule has 1 amide bonds. The molecule has 0 aromatic carbocycles. The molecule has 0 radical (unpaired) electrons. The van der Waals surface area contributed by atoms with Crippen LogP contribution in [0, 0.1) is 11.3 Å². The zero-order valence-corrected chi connectivity index (χ0v) is 12.5. The third-order valence-corrected chi connectivity index (χ3v) is 3.71. The summed E-state index contributed by atoms with van der Waals surface area (Å²) >= 11 is 0. The van der Waals surface area contributed by atoms with E-state index in [-0.39, 0.29) is 29.8 Å². The zero-order valence-electron chi connectivity index (χ0n) is 12.5. The lowest BCUT2D eigenvalue weighted by Gasteiger charge is -2.32. The van der Waals surface area contributed by atoms with E-state index in [4.69, 9.17) is 5.11 Å². The number of hydrogen-bond acceptors (Lipinski definition) is 2. The van der Waals surface area contributed by atoms with Gasteiger partial charge in [-0.1, -0.05) is 34.6 Å². The topological polar surface area (TPSA) is 57.6 Å². The molecule has 0 heterocycles. The van der Waals surface area contributed by atoms with Gasteiger partial charge in [0, 0.05) is 12.5 Å². The van der Waals surface area contributed by atoms with Crippen LogP contribution >= 0.6 is 0 Å². The molecule has 2 unspecified atom stereocenters. The molecule has 0 saturated carbocycles. The van der Waals surface area contributed by atoms with E-state index in [0.29, 0.717) is 6.42 Å². The van der Waals surface area contributed by atoms with E-state index < -0.39 is 5.97 Å². The lowest BCUT2D eigenvalue weighted by Crippen LogP contribution is -2.43. The summed E-state index contributed by atoms with van der Waals surface area (Å²) in [5, 5.41) is 8.88. The van der Waals surface area contributed by atoms with Crippen LogP contribution in [0.1, 0.15) is 54.4 Å². The van der Waals surface area contributed by atoms with Gasteiger partial charge in [-0.25, -0.2) is 0 Å². The van der Waals surface area contributed by atoms with E-state index in [1.165, 1.54) is 4.90 Å². The molecule has 4 heteroatoms. The second-order valence-corrected chi connectivity index (χ2v) is 6.14. The molecule has 4 nitrogen and oxygen atoms in total. The van der Waals surface area contributed by atoms with Crippen molar-refractivity contribution in [2.24, 2.45) is 11.3 Å². The monoisotopic (exact) mass is 257 g/mol. The van der Waals surface area contributed by atoms with E-state index in [2.05, 4.69) is 20.8 Å². The van der Waals surface area contributed by atoms with Crippen molar-refractivity contribution < 1.29 is 14.7 Å². The highest BCUT2D eigenvalue weighted by Gasteiger charge is 2.27. The summed E-state index contributed by atoms with van der Waals surface area (Å²) in [6.07, 6.45) is 1.17. The van der Waals surface area contributed by atoms with Gasteiger partial charge >= 0.3 is 5.97 Å². The van der Waals surface area contributed by atoms with Gasteiger partial charge in [-0.3, -0.25) is 9.59 Å². The molecule has 0 rings (SSSR count). The van der Waals surface area contributed by atoms with Gasteiger partial charge in [0.25, 0.3) is 0 Å². The standard InChI is InChI=1S/C14H27NO3/c1-7-11(3)15(9-13(17)18)12(16)8-10(2)14(4,5)6/h10-11H,7-9H2,1-6H3,(H,17,18). The Morgan fingerprint density at radius 3 is 2.06 bits per heavy atom. The highest BCUT2D eigenvalue weighted by atomic mass is 16.4. The Kier molecular flexibility index (Phi) is 6.36. The molecule has 106 valence electrons. The highest BCUT2D eigenvalue weighted by Crippen LogP contribution is 2.28. The Bertz CT molecular complexity index is 294. The van der Waals surface area contributed by atoms with Crippen LogP contribution in [0.25, 0.3) is 0 Å². The number of amides is 1. The van der Waals surface area contributed by atoms with E-state index in [9.17, 15) is 9.59 Å². The first kappa shape index (κ1) is 16.9. The molecule has 0 bridgehead atoms. The summed E-state index contributed by atoms with van der Waals surface area (Å²) in [6, 6.07) is -0.0271. The Morgan fingerprint density at radius 1 is 1.22 bits per heavy atom. The van der Waals surface area contributed by atoms with E-state index in [1.54, 1.807) is 0 Å². The number of carbonyl (C=O) groups is 2. The van der Waals surface area contributed by atoms with Crippen molar-refractivity contribution in [2.75, 3.05) is 6.54 Å². The molecule has 0 spiro atoms. The first-order chi connectivity index (χ1) is 8.09. The predicted octanol–water partition coefficient (Wildman–Crippen LogP) is 2.77. The van der Waals surface area contributed by atoms with Crippen molar-refractivity contribution in [1.82, 2.24) is 4.90 Å². The van der Waals surface area contributed by atoms with Crippen molar-refractivity contribution >= 4 is 11.9 Å². The molecule has 0 aromatic heterocycles. The summed E-state index contributed by atoms with van der Waals surface area (Å²) < 4.78 is 0. The van der Waals surface area contributed by atoms with Gasteiger partial charge in [0.15, 0.2) is 0 Å². The van der Waals surface area contributed by atoms with Gasteiger partial charge in [0.05, 0.1) is 0 Å². The van der Waals surface area contributed by atoms with Crippen LogP contribution in [-0.4, -0.2) is 34.5 Å². The lowest BCUT2D eigenvalue weighted by atomic mass is 9.80. The smallest absolute Gasteiger partial charge is 0.323 e. The fourth-order valence-corrected chi connectivity index (χ4v) is 1.54. The molecule has 0 aliphatic heterocycles. The minimum atomic E-state index is -0.952. The predicted molar refractivity (Wildman–Crippen MR) is 72.3 cm³/mol. The summed E-state index contributed by atoms with van der Waals surface area (Å²) in [4.78, 5) is 24.5. The fraction of sp³-hybridized carbons (Fsp3) is 0.857. The van der Waals surface area contributed by atoms with E-state index >= 15 is 0 Å². The van der Waals surface area contributed by atoms with Gasteiger partial charge in [-0.05, 0) is 24.7 Å². The number of rotatable bonds is 6. The number of carbonyl (C=O) groups excluding carboxylic acids is 1. The SMILES string of the molecule is CCC(C)N(CC(=O)O)C(=O)CC(C)C(C)(C)C. The van der Waals surface area contributed by atoms with Gasteiger partial charge in [0.1, 0.15) is 6.54 Å². The Morgan fingerprint density at radius 2 is 1.72 bits per heavy atom. The van der Waals surface area contributed by atoms with Crippen LogP contribution in [0.3, 0.4) is 0 Å². The quantitative estimate of drug-likeness (QED) is 0.796. The van der Waals surface area contributed by atoms with Gasteiger partial charge < -0.3 is 10.0 Å². The average molecular weight is 257 g/mol. The molecule has 0 saturated heterocycles. The largest absolute Gasteiger partial charge is 0.480 e. The highest BCUT2D eigenvalue weighted by molar-refractivity contribution is 5.81. The molecule has 18 heavy (non-hydrogen) atoms. The lowest BCUT2D eigenvalue weighted by molar-refractivity contribution is -0.146. The van der Waals surface area contributed by atoms with Crippen LogP contribution in [-0.2, 0) is 9.59 Å². The summed E-state index contributed by atoms with van der Waals surface area (Å²) in [7, 11) is 0. The second-order valence-electron chi connectivity index (χ2n) is 6.14. The Balaban J connectivity index is 4.71. The maximum atomic E-state index is 12.2. The number of hydrogen-bond donors (Lipinski definition) is 1. The maximum absolute atomic E-state index is 12.2. The molecular weight excluding hydrogens is 230 g/mol. The van der Waals surface area contributed by atoms with Crippen molar-refractivity contribution in [3.8, 4) is 0 Å². The third-order valence-electron chi connectivity index (χ3n) is 3.71. The number of nitrogens with zero attached hydrogens (tertiary/aromatic N) is 1. The molecule has 0 aliphatic carbocycles. The number of carboxylic acids is 1. The molecular formula is C14H27NO3. The Hall–Kier alpha value is -1.06. The van der Waals surface area contributed by atoms with Crippen molar-refractivity contribution in [2.45, 2.75) is 60.4 Å².